The molecule has 1 rings (SSSR count). The van der Waals surface area contributed by atoms with E-state index in [4.69, 9.17) is 0 Å². The Balaban J connectivity index is 2.19. The summed E-state index contributed by atoms with van der Waals surface area (Å²) in [6.45, 7) is 0.182. The highest BCUT2D eigenvalue weighted by Crippen LogP contribution is 2.10. The van der Waals surface area contributed by atoms with Crippen molar-refractivity contribution in [2.45, 2.75) is 25.3 Å². The molecule has 0 aromatic heterocycles. The van der Waals surface area contributed by atoms with Crippen LogP contribution in [0.5, 0.6) is 0 Å². The van der Waals surface area contributed by atoms with Crippen molar-refractivity contribution in [3.8, 4) is 0 Å². The van der Waals surface area contributed by atoms with Crippen molar-refractivity contribution in [2.75, 3.05) is 6.54 Å². The molecule has 1 aliphatic heterocycles. The molecule has 0 saturated carbocycles. The van der Waals surface area contributed by atoms with Crippen molar-refractivity contribution >= 4 is 0 Å². The van der Waals surface area contributed by atoms with Crippen LogP contribution in [0.25, 0.3) is 0 Å². The first-order valence-corrected chi connectivity index (χ1v) is 2.80. The number of piperidine rings is 1. The van der Waals surface area contributed by atoms with Crippen LogP contribution in [-0.2, 0) is 0 Å². The quantitative estimate of drug-likeness (QED) is 0.471. The molecule has 0 spiro atoms. The number of rotatable bonds is 0. The molecule has 0 radical (unpaired) electrons. The Morgan fingerprint density at radius 2 is 2.00 bits per heavy atom. The van der Waals surface area contributed by atoms with E-state index < -0.39 is 12.5 Å². The van der Waals surface area contributed by atoms with Gasteiger partial charge < -0.3 is 0 Å². The molecule has 1 nitrogen and oxygen atoms in total. The third-order valence-corrected chi connectivity index (χ3v) is 1.29. The van der Waals surface area contributed by atoms with Crippen LogP contribution < -0.4 is 5.32 Å². The summed E-state index contributed by atoms with van der Waals surface area (Å²) in [6, 6.07) is 0. The van der Waals surface area contributed by atoms with Crippen LogP contribution in [0.1, 0.15) is 12.8 Å². The Morgan fingerprint density at radius 1 is 1.25 bits per heavy atom. The predicted molar refractivity (Wildman–Crippen MR) is 27.0 cm³/mol. The maximum atomic E-state index is 12.1. The van der Waals surface area contributed by atoms with E-state index in [1.165, 1.54) is 0 Å². The molecule has 1 N–H and O–H groups in total. The van der Waals surface area contributed by atoms with Crippen LogP contribution in [0.3, 0.4) is 0 Å². The minimum atomic E-state index is -0.970. The Bertz CT molecular complexity index is 58.8. The molecule has 48 valence electrons. The number of hydrogen-bond donors (Lipinski definition) is 1. The molecule has 1 heterocycles. The van der Waals surface area contributed by atoms with Gasteiger partial charge in [-0.15, -0.1) is 0 Å². The lowest BCUT2D eigenvalue weighted by atomic mass is 10.1. The van der Waals surface area contributed by atoms with E-state index in [2.05, 4.69) is 5.32 Å². The first kappa shape index (κ1) is 5.95. The second-order valence-corrected chi connectivity index (χ2v) is 2.05. The number of nitrogens with one attached hydrogen (secondary N) is 1. The van der Waals surface area contributed by atoms with E-state index in [0.717, 1.165) is 0 Å². The molecule has 8 heavy (non-hydrogen) atoms. The van der Waals surface area contributed by atoms with E-state index in [9.17, 15) is 8.78 Å². The molecule has 0 aromatic carbocycles. The third kappa shape index (κ3) is 1.40. The van der Waals surface area contributed by atoms with Crippen molar-refractivity contribution in [3.63, 3.8) is 0 Å². The summed E-state index contributed by atoms with van der Waals surface area (Å²) >= 11 is 0. The van der Waals surface area contributed by atoms with Gasteiger partial charge in [-0.1, -0.05) is 0 Å². The lowest BCUT2D eigenvalue weighted by Gasteiger charge is -2.18. The Hall–Kier alpha value is -0.180. The number of hydrogen-bond acceptors (Lipinski definition) is 1. The van der Waals surface area contributed by atoms with Gasteiger partial charge in [0, 0.05) is 6.54 Å². The van der Waals surface area contributed by atoms with Gasteiger partial charge in [0.2, 0.25) is 0 Å². The normalized spacial score (nSPS) is 39.8. The Morgan fingerprint density at radius 3 is 2.38 bits per heavy atom. The van der Waals surface area contributed by atoms with E-state index in [-0.39, 0.29) is 6.54 Å². The second kappa shape index (κ2) is 2.40. The molecule has 1 fully saturated rings. The molecule has 3 heteroatoms. The van der Waals surface area contributed by atoms with Gasteiger partial charge in [0.1, 0.15) is 6.17 Å². The number of alkyl halides is 2. The number of halogens is 2. The minimum Gasteiger partial charge on any atom is -0.285 e. The molecule has 0 amide bonds. The fourth-order valence-corrected chi connectivity index (χ4v) is 0.787. The van der Waals surface area contributed by atoms with Crippen molar-refractivity contribution < 1.29 is 8.78 Å². The van der Waals surface area contributed by atoms with Crippen molar-refractivity contribution in [2.24, 2.45) is 0 Å². The Labute approximate surface area is 47.1 Å². The fraction of sp³-hybridized carbons (Fsp3) is 1.00. The Kier molecular flexibility index (Phi) is 1.78. The van der Waals surface area contributed by atoms with Gasteiger partial charge in [-0.3, -0.25) is 5.32 Å². The average molecular weight is 121 g/mol. The predicted octanol–water partition coefficient (Wildman–Crippen LogP) is 1.00. The molecule has 2 unspecified atom stereocenters. The zero-order valence-corrected chi connectivity index (χ0v) is 4.53. The summed E-state index contributed by atoms with van der Waals surface area (Å²) in [5, 5.41) is 2.39. The third-order valence-electron chi connectivity index (χ3n) is 1.29. The smallest absolute Gasteiger partial charge is 0.151 e. The summed E-state index contributed by atoms with van der Waals surface area (Å²) < 4.78 is 24.2. The fourth-order valence-electron chi connectivity index (χ4n) is 0.787. The molecule has 2 atom stereocenters. The molecular weight excluding hydrogens is 112 g/mol. The topological polar surface area (TPSA) is 12.0 Å². The van der Waals surface area contributed by atoms with Crippen molar-refractivity contribution in [1.82, 2.24) is 5.32 Å². The summed E-state index contributed by atoms with van der Waals surface area (Å²) in [5.74, 6) is 0. The van der Waals surface area contributed by atoms with Crippen LogP contribution in [0, 0.1) is 0 Å². The maximum Gasteiger partial charge on any atom is 0.151 e. The maximum absolute atomic E-state index is 12.1. The largest absolute Gasteiger partial charge is 0.285 e. The van der Waals surface area contributed by atoms with E-state index in [1.54, 1.807) is 0 Å². The van der Waals surface area contributed by atoms with Crippen molar-refractivity contribution in [1.29, 1.82) is 0 Å². The zero-order valence-electron chi connectivity index (χ0n) is 4.53. The summed E-state index contributed by atoms with van der Waals surface area (Å²) in [7, 11) is 0. The lowest BCUT2D eigenvalue weighted by Crippen LogP contribution is -2.36. The van der Waals surface area contributed by atoms with Crippen LogP contribution in [0.2, 0.25) is 0 Å². The van der Waals surface area contributed by atoms with Gasteiger partial charge in [0.25, 0.3) is 0 Å². The van der Waals surface area contributed by atoms with Gasteiger partial charge in [0.15, 0.2) is 6.30 Å². The monoisotopic (exact) mass is 121 g/mol. The molecule has 0 aliphatic carbocycles. The molecule has 0 aromatic rings. The summed E-state index contributed by atoms with van der Waals surface area (Å²) in [6.07, 6.45) is -1.11. The summed E-state index contributed by atoms with van der Waals surface area (Å²) in [4.78, 5) is 0. The standard InChI is InChI=1S/C5H9F2N/c6-4-1-2-5(7)8-3-4/h4-5,8H,1-3H2. The highest BCUT2D eigenvalue weighted by molar-refractivity contribution is 4.69. The van der Waals surface area contributed by atoms with Gasteiger partial charge in [-0.05, 0) is 12.8 Å². The van der Waals surface area contributed by atoms with Crippen LogP contribution in [0.4, 0.5) is 8.78 Å². The highest BCUT2D eigenvalue weighted by atomic mass is 19.1. The summed E-state index contributed by atoms with van der Waals surface area (Å²) in [5.41, 5.74) is 0. The van der Waals surface area contributed by atoms with Gasteiger partial charge in [-0.25, -0.2) is 8.78 Å². The average Bonchev–Trinajstić information content (AvgIpc) is 1.77. The zero-order chi connectivity index (χ0) is 5.98. The lowest BCUT2D eigenvalue weighted by molar-refractivity contribution is 0.156. The molecule has 0 bridgehead atoms. The van der Waals surface area contributed by atoms with Crippen LogP contribution in [0.15, 0.2) is 0 Å². The van der Waals surface area contributed by atoms with Gasteiger partial charge in [-0.2, -0.15) is 0 Å². The minimum absolute atomic E-state index is 0.182. The molecule has 1 saturated heterocycles. The molecule has 1 aliphatic rings. The van der Waals surface area contributed by atoms with Crippen molar-refractivity contribution in [3.05, 3.63) is 0 Å². The molecular formula is C5H9F2N. The van der Waals surface area contributed by atoms with E-state index in [1.807, 2.05) is 0 Å². The van der Waals surface area contributed by atoms with Gasteiger partial charge >= 0.3 is 0 Å². The van der Waals surface area contributed by atoms with E-state index in [0.29, 0.717) is 12.8 Å². The second-order valence-electron chi connectivity index (χ2n) is 2.05. The first-order valence-electron chi connectivity index (χ1n) is 2.80. The first-order chi connectivity index (χ1) is 3.79. The highest BCUT2D eigenvalue weighted by Gasteiger charge is 2.17. The van der Waals surface area contributed by atoms with E-state index >= 15 is 0 Å². The van der Waals surface area contributed by atoms with Crippen LogP contribution in [-0.4, -0.2) is 19.0 Å². The SMILES string of the molecule is FC1CCC(F)NC1. The van der Waals surface area contributed by atoms with Gasteiger partial charge in [0.05, 0.1) is 0 Å². The van der Waals surface area contributed by atoms with Crippen LogP contribution >= 0.6 is 0 Å².